The van der Waals surface area contributed by atoms with Crippen LogP contribution >= 0.6 is 11.6 Å². The first-order valence-corrected chi connectivity index (χ1v) is 6.10. The van der Waals surface area contributed by atoms with Gasteiger partial charge >= 0.3 is 0 Å². The van der Waals surface area contributed by atoms with Gasteiger partial charge in [-0.15, -0.1) is 11.6 Å². The first-order chi connectivity index (χ1) is 5.06. The van der Waals surface area contributed by atoms with Crippen molar-refractivity contribution in [2.24, 2.45) is 0 Å². The Morgan fingerprint density at radius 2 is 2.00 bits per heavy atom. The molecule has 0 aromatic rings. The summed E-state index contributed by atoms with van der Waals surface area (Å²) >= 11 is 5.41. The average Bonchev–Trinajstić information content (AvgIpc) is 1.85. The molecule has 3 nitrogen and oxygen atoms in total. The minimum atomic E-state index is -2.81. The van der Waals surface area contributed by atoms with Crippen LogP contribution < -0.4 is 5.32 Å². The van der Waals surface area contributed by atoms with E-state index in [0.717, 1.165) is 13.0 Å². The summed E-state index contributed by atoms with van der Waals surface area (Å²) in [4.78, 5) is 0. The largest absolute Gasteiger partial charge is 0.316 e. The molecule has 0 aromatic carbocycles. The lowest BCUT2D eigenvalue weighted by Gasteiger charge is -2.00. The van der Waals surface area contributed by atoms with Crippen LogP contribution in [0.5, 0.6) is 0 Å². The van der Waals surface area contributed by atoms with Crippen LogP contribution in [0.1, 0.15) is 6.42 Å². The van der Waals surface area contributed by atoms with Crippen LogP contribution in [0.25, 0.3) is 0 Å². The third-order valence-electron chi connectivity index (χ3n) is 1.14. The van der Waals surface area contributed by atoms with Crippen LogP contribution in [0.4, 0.5) is 0 Å². The summed E-state index contributed by atoms with van der Waals surface area (Å²) in [5.74, 6) is 0.821. The molecule has 0 aliphatic carbocycles. The molecule has 0 spiro atoms. The molecule has 0 unspecified atom stereocenters. The molecule has 0 atom stereocenters. The second-order valence-electron chi connectivity index (χ2n) is 2.42. The van der Waals surface area contributed by atoms with Crippen molar-refractivity contribution < 1.29 is 8.42 Å². The molecule has 0 aliphatic heterocycles. The van der Waals surface area contributed by atoms with Crippen LogP contribution in [0.3, 0.4) is 0 Å². The van der Waals surface area contributed by atoms with Gasteiger partial charge in [0.15, 0.2) is 0 Å². The van der Waals surface area contributed by atoms with Gasteiger partial charge in [-0.1, -0.05) is 0 Å². The van der Waals surface area contributed by atoms with Crippen LogP contribution in [0.2, 0.25) is 0 Å². The normalized spacial score (nSPS) is 11.8. The second kappa shape index (κ2) is 5.80. The molecular weight excluding hydrogens is 186 g/mol. The van der Waals surface area contributed by atoms with Gasteiger partial charge in [0, 0.05) is 18.7 Å². The molecule has 0 aromatic heterocycles. The number of rotatable bonds is 6. The summed E-state index contributed by atoms with van der Waals surface area (Å²) in [5, 5.41) is 2.98. The summed E-state index contributed by atoms with van der Waals surface area (Å²) < 4.78 is 21.2. The molecule has 0 amide bonds. The van der Waals surface area contributed by atoms with Gasteiger partial charge in [-0.05, 0) is 13.0 Å². The molecule has 0 radical (unpaired) electrons. The highest BCUT2D eigenvalue weighted by molar-refractivity contribution is 7.90. The van der Waals surface area contributed by atoms with E-state index in [4.69, 9.17) is 11.6 Å². The van der Waals surface area contributed by atoms with Crippen molar-refractivity contribution in [3.63, 3.8) is 0 Å². The van der Waals surface area contributed by atoms with Crippen LogP contribution in [-0.2, 0) is 9.84 Å². The van der Waals surface area contributed by atoms with Crippen molar-refractivity contribution in [3.8, 4) is 0 Å². The van der Waals surface area contributed by atoms with Crippen molar-refractivity contribution in [2.75, 3.05) is 31.0 Å². The Morgan fingerprint density at radius 1 is 1.36 bits per heavy atom. The van der Waals surface area contributed by atoms with Crippen molar-refractivity contribution in [2.45, 2.75) is 6.42 Å². The van der Waals surface area contributed by atoms with Crippen LogP contribution in [-0.4, -0.2) is 39.4 Å². The highest BCUT2D eigenvalue weighted by atomic mass is 35.5. The van der Waals surface area contributed by atoms with Gasteiger partial charge in [-0.25, -0.2) is 8.42 Å². The monoisotopic (exact) mass is 199 g/mol. The minimum Gasteiger partial charge on any atom is -0.316 e. The molecule has 1 N–H and O–H groups in total. The Bertz CT molecular complexity index is 179. The van der Waals surface area contributed by atoms with E-state index in [1.165, 1.54) is 6.26 Å². The SMILES string of the molecule is CS(=O)(=O)CCNCCCCl. The molecule has 0 rings (SSSR count). The van der Waals surface area contributed by atoms with Crippen LogP contribution in [0.15, 0.2) is 0 Å². The Kier molecular flexibility index (Phi) is 5.91. The van der Waals surface area contributed by atoms with Crippen molar-refractivity contribution in [1.29, 1.82) is 0 Å². The fraction of sp³-hybridized carbons (Fsp3) is 1.00. The highest BCUT2D eigenvalue weighted by Crippen LogP contribution is 1.82. The van der Waals surface area contributed by atoms with Gasteiger partial charge in [0.25, 0.3) is 0 Å². The van der Waals surface area contributed by atoms with Gasteiger partial charge in [-0.3, -0.25) is 0 Å². The highest BCUT2D eigenvalue weighted by Gasteiger charge is 1.99. The summed E-state index contributed by atoms with van der Waals surface area (Å²) in [6, 6.07) is 0. The molecule has 68 valence electrons. The summed E-state index contributed by atoms with van der Waals surface area (Å²) in [6.07, 6.45) is 2.11. The zero-order chi connectivity index (χ0) is 8.74. The Balaban J connectivity index is 3.16. The van der Waals surface area contributed by atoms with Gasteiger partial charge in [-0.2, -0.15) is 0 Å². The van der Waals surface area contributed by atoms with E-state index in [1.807, 2.05) is 0 Å². The number of halogens is 1. The Morgan fingerprint density at radius 3 is 2.45 bits per heavy atom. The average molecular weight is 200 g/mol. The number of sulfone groups is 1. The summed E-state index contributed by atoms with van der Waals surface area (Å²) in [6.45, 7) is 1.31. The van der Waals surface area contributed by atoms with Crippen LogP contribution in [0, 0.1) is 0 Å². The number of nitrogens with one attached hydrogen (secondary N) is 1. The Hall–Kier alpha value is 0.200. The van der Waals surface area contributed by atoms with Gasteiger partial charge < -0.3 is 5.32 Å². The van der Waals surface area contributed by atoms with E-state index >= 15 is 0 Å². The summed E-state index contributed by atoms with van der Waals surface area (Å²) in [7, 11) is -2.81. The third kappa shape index (κ3) is 10.2. The van der Waals surface area contributed by atoms with E-state index < -0.39 is 9.84 Å². The van der Waals surface area contributed by atoms with Crippen molar-refractivity contribution in [3.05, 3.63) is 0 Å². The number of hydrogen-bond donors (Lipinski definition) is 1. The molecule has 0 bridgehead atoms. The maximum atomic E-state index is 10.6. The summed E-state index contributed by atoms with van der Waals surface area (Å²) in [5.41, 5.74) is 0. The fourth-order valence-electron chi connectivity index (χ4n) is 0.574. The Labute approximate surface area is 73.0 Å². The lowest BCUT2D eigenvalue weighted by Crippen LogP contribution is -2.23. The molecule has 0 fully saturated rings. The first kappa shape index (κ1) is 11.2. The maximum absolute atomic E-state index is 10.6. The minimum absolute atomic E-state index is 0.204. The van der Waals surface area contributed by atoms with Gasteiger partial charge in [0.2, 0.25) is 0 Å². The molecular formula is C6H14ClNO2S. The van der Waals surface area contributed by atoms with E-state index in [9.17, 15) is 8.42 Å². The van der Waals surface area contributed by atoms with Crippen molar-refractivity contribution in [1.82, 2.24) is 5.32 Å². The van der Waals surface area contributed by atoms with E-state index in [2.05, 4.69) is 5.32 Å². The third-order valence-corrected chi connectivity index (χ3v) is 2.35. The number of hydrogen-bond acceptors (Lipinski definition) is 3. The van der Waals surface area contributed by atoms with E-state index in [-0.39, 0.29) is 5.75 Å². The van der Waals surface area contributed by atoms with E-state index in [1.54, 1.807) is 0 Å². The predicted molar refractivity (Wildman–Crippen MR) is 47.9 cm³/mol. The van der Waals surface area contributed by atoms with Gasteiger partial charge in [0.05, 0.1) is 5.75 Å². The standard InChI is InChI=1S/C6H14ClNO2S/c1-11(9,10)6-5-8-4-2-3-7/h8H,2-6H2,1H3. The van der Waals surface area contributed by atoms with Crippen molar-refractivity contribution >= 4 is 21.4 Å². The molecule has 0 aliphatic rings. The number of alkyl halides is 1. The smallest absolute Gasteiger partial charge is 0.148 e. The fourth-order valence-corrected chi connectivity index (χ4v) is 1.22. The molecule has 0 saturated carbocycles. The quantitative estimate of drug-likeness (QED) is 0.493. The zero-order valence-corrected chi connectivity index (χ0v) is 8.21. The lowest BCUT2D eigenvalue weighted by atomic mass is 10.5. The molecule has 0 saturated heterocycles. The second-order valence-corrected chi connectivity index (χ2v) is 5.06. The first-order valence-electron chi connectivity index (χ1n) is 3.50. The maximum Gasteiger partial charge on any atom is 0.148 e. The predicted octanol–water partition coefficient (Wildman–Crippen LogP) is 0.249. The molecule has 0 heterocycles. The zero-order valence-electron chi connectivity index (χ0n) is 6.64. The lowest BCUT2D eigenvalue weighted by molar-refractivity contribution is 0.596. The topological polar surface area (TPSA) is 46.2 Å². The van der Waals surface area contributed by atoms with Gasteiger partial charge in [0.1, 0.15) is 9.84 Å². The molecule has 11 heavy (non-hydrogen) atoms. The van der Waals surface area contributed by atoms with E-state index in [0.29, 0.717) is 12.4 Å². The molecule has 5 heteroatoms.